The van der Waals surface area contributed by atoms with Gasteiger partial charge in [-0.25, -0.2) is 4.98 Å². The highest BCUT2D eigenvalue weighted by Crippen LogP contribution is 2.28. The highest BCUT2D eigenvalue weighted by molar-refractivity contribution is 5.39. The number of ether oxygens (including phenoxy) is 2. The summed E-state index contributed by atoms with van der Waals surface area (Å²) in [6.07, 6.45) is -5.11. The first-order valence-electron chi connectivity index (χ1n) is 3.96. The van der Waals surface area contributed by atoms with Gasteiger partial charge in [0, 0.05) is 0 Å². The van der Waals surface area contributed by atoms with Crippen molar-refractivity contribution in [3.8, 4) is 11.6 Å². The summed E-state index contributed by atoms with van der Waals surface area (Å²) in [5.74, 6) is -2.90. The van der Waals surface area contributed by atoms with Gasteiger partial charge in [-0.05, 0) is 4.92 Å². The lowest BCUT2D eigenvalue weighted by Crippen LogP contribution is -2.21. The van der Waals surface area contributed by atoms with E-state index in [1.54, 1.807) is 4.98 Å². The maximum absolute atomic E-state index is 12.0. The van der Waals surface area contributed by atoms with Gasteiger partial charge in [-0.15, -0.1) is 13.2 Å². The molecule has 0 aliphatic heterocycles. The molecule has 0 spiro atoms. The summed E-state index contributed by atoms with van der Waals surface area (Å²) in [4.78, 5) is 22.1. The molecule has 1 heterocycles. The van der Waals surface area contributed by atoms with Crippen molar-refractivity contribution in [1.29, 1.82) is 0 Å². The van der Waals surface area contributed by atoms with Crippen molar-refractivity contribution >= 4 is 5.82 Å². The third kappa shape index (κ3) is 3.09. The predicted octanol–water partition coefficient (Wildman–Crippen LogP) is 1.19. The van der Waals surface area contributed by atoms with E-state index in [4.69, 9.17) is 0 Å². The number of aromatic amines is 1. The number of hydrogen-bond donors (Lipinski definition) is 1. The third-order valence-corrected chi connectivity index (χ3v) is 1.56. The molecule has 94 valence electrons. The van der Waals surface area contributed by atoms with Crippen LogP contribution < -0.4 is 14.9 Å². The van der Waals surface area contributed by atoms with Gasteiger partial charge in [-0.3, -0.25) is 4.79 Å². The van der Waals surface area contributed by atoms with Gasteiger partial charge in [0.05, 0.1) is 13.2 Å². The number of aromatic nitrogens is 1. The summed E-state index contributed by atoms with van der Waals surface area (Å²) in [6, 6.07) is 0.488. The maximum atomic E-state index is 12.0. The number of methoxy groups -OCH3 is 1. The Morgan fingerprint density at radius 2 is 2.06 bits per heavy atom. The zero-order chi connectivity index (χ0) is 13.2. The zero-order valence-electron chi connectivity index (χ0n) is 8.20. The zero-order valence-corrected chi connectivity index (χ0v) is 8.20. The number of nitrogens with one attached hydrogen (secondary N) is 1. The molecule has 0 saturated carbocycles. The van der Waals surface area contributed by atoms with Crippen LogP contribution in [0.2, 0.25) is 0 Å². The molecule has 0 unspecified atom stereocenters. The molecule has 17 heavy (non-hydrogen) atoms. The van der Waals surface area contributed by atoms with E-state index in [-0.39, 0.29) is 0 Å². The Balaban J connectivity index is 3.34. The molecule has 0 fully saturated rings. The van der Waals surface area contributed by atoms with Crippen molar-refractivity contribution in [2.24, 2.45) is 0 Å². The van der Waals surface area contributed by atoms with Gasteiger partial charge in [0.1, 0.15) is 0 Å². The minimum atomic E-state index is -5.11. The first kappa shape index (κ1) is 12.8. The van der Waals surface area contributed by atoms with Crippen molar-refractivity contribution in [1.82, 2.24) is 4.98 Å². The first-order valence-corrected chi connectivity index (χ1v) is 3.96. The smallest absolute Gasteiger partial charge is 0.487 e. The number of alkyl halides is 3. The molecule has 10 heteroatoms. The van der Waals surface area contributed by atoms with E-state index in [9.17, 15) is 28.1 Å². The van der Waals surface area contributed by atoms with Crippen LogP contribution >= 0.6 is 0 Å². The standard InChI is InChI=1S/C7H5F3N2O5/c1-16-5-3(13)2-4(12(14)15)11-6(5)17-7(8,9)10/h2H,1H3,(H,11,13). The third-order valence-electron chi connectivity index (χ3n) is 1.56. The van der Waals surface area contributed by atoms with Crippen molar-refractivity contribution in [2.45, 2.75) is 6.36 Å². The molecule has 0 amide bonds. The van der Waals surface area contributed by atoms with Crippen molar-refractivity contribution in [3.63, 3.8) is 0 Å². The minimum Gasteiger partial charge on any atom is -0.487 e. The van der Waals surface area contributed by atoms with Gasteiger partial charge < -0.3 is 19.6 Å². The van der Waals surface area contributed by atoms with E-state index in [2.05, 4.69) is 9.47 Å². The molecule has 0 aromatic carbocycles. The predicted molar refractivity (Wildman–Crippen MR) is 47.0 cm³/mol. The van der Waals surface area contributed by atoms with Crippen molar-refractivity contribution in [3.05, 3.63) is 26.4 Å². The summed E-state index contributed by atoms with van der Waals surface area (Å²) in [5, 5.41) is 10.3. The van der Waals surface area contributed by atoms with Crippen LogP contribution in [0.3, 0.4) is 0 Å². The number of hydrogen-bond acceptors (Lipinski definition) is 5. The average Bonchev–Trinajstić information content (AvgIpc) is 2.14. The Kier molecular flexibility index (Phi) is 3.25. The fourth-order valence-electron chi connectivity index (χ4n) is 0.990. The lowest BCUT2D eigenvalue weighted by molar-refractivity contribution is -0.390. The topological polar surface area (TPSA) is 94.5 Å². The molecule has 7 nitrogen and oxygen atoms in total. The van der Waals surface area contributed by atoms with Crippen LogP contribution in [0.5, 0.6) is 11.6 Å². The fourth-order valence-corrected chi connectivity index (χ4v) is 0.990. The Morgan fingerprint density at radius 3 is 2.47 bits per heavy atom. The summed E-state index contributed by atoms with van der Waals surface area (Å²) in [5.41, 5.74) is -1.10. The monoisotopic (exact) mass is 254 g/mol. The summed E-state index contributed by atoms with van der Waals surface area (Å²) >= 11 is 0. The first-order chi connectivity index (χ1) is 7.74. The van der Waals surface area contributed by atoms with Gasteiger partial charge in [-0.2, -0.15) is 0 Å². The molecule has 1 aromatic heterocycles. The second kappa shape index (κ2) is 4.31. The molecular formula is C7H5F3N2O5. The second-order valence-corrected chi connectivity index (χ2v) is 2.69. The van der Waals surface area contributed by atoms with Crippen LogP contribution in [-0.4, -0.2) is 23.4 Å². The van der Waals surface area contributed by atoms with Gasteiger partial charge in [-0.1, -0.05) is 0 Å². The Bertz CT molecular complexity index is 495. The number of halogens is 3. The highest BCUT2D eigenvalue weighted by Gasteiger charge is 2.35. The molecule has 0 aliphatic carbocycles. The van der Waals surface area contributed by atoms with Crippen molar-refractivity contribution < 1.29 is 27.6 Å². The molecule has 1 N–H and O–H groups in total. The van der Waals surface area contributed by atoms with Gasteiger partial charge >= 0.3 is 18.1 Å². The number of pyridine rings is 1. The van der Waals surface area contributed by atoms with Gasteiger partial charge in [0.2, 0.25) is 5.43 Å². The van der Waals surface area contributed by atoms with Crippen molar-refractivity contribution in [2.75, 3.05) is 7.11 Å². The van der Waals surface area contributed by atoms with E-state index < -0.39 is 34.2 Å². The van der Waals surface area contributed by atoms with E-state index in [1.807, 2.05) is 0 Å². The largest absolute Gasteiger partial charge is 0.575 e. The molecule has 1 rings (SSSR count). The molecular weight excluding hydrogens is 249 g/mol. The minimum absolute atomic E-state index is 0.488. The lowest BCUT2D eigenvalue weighted by Gasteiger charge is -2.09. The number of nitro groups is 1. The number of rotatable bonds is 3. The molecule has 0 aliphatic rings. The Morgan fingerprint density at radius 1 is 1.47 bits per heavy atom. The Labute approximate surface area is 90.9 Å². The Hall–Kier alpha value is -2.26. The molecule has 0 bridgehead atoms. The summed E-state index contributed by atoms with van der Waals surface area (Å²) in [7, 11) is 0.930. The van der Waals surface area contributed by atoms with Crippen LogP contribution in [0.25, 0.3) is 0 Å². The summed E-state index contributed by atoms with van der Waals surface area (Å²) < 4.78 is 43.6. The fraction of sp³-hybridized carbons (Fsp3) is 0.286. The number of H-pyrrole nitrogens is 1. The van der Waals surface area contributed by atoms with Crippen LogP contribution in [0.4, 0.5) is 19.0 Å². The average molecular weight is 254 g/mol. The van der Waals surface area contributed by atoms with E-state index >= 15 is 0 Å². The van der Waals surface area contributed by atoms with Gasteiger partial charge in [0.25, 0.3) is 5.75 Å². The van der Waals surface area contributed by atoms with Crippen LogP contribution in [0.15, 0.2) is 10.9 Å². The second-order valence-electron chi connectivity index (χ2n) is 2.69. The van der Waals surface area contributed by atoms with Gasteiger partial charge in [0.15, 0.2) is 0 Å². The van der Waals surface area contributed by atoms with Crippen LogP contribution in [0.1, 0.15) is 0 Å². The molecule has 0 atom stereocenters. The quantitative estimate of drug-likeness (QED) is 0.645. The van der Waals surface area contributed by atoms with E-state index in [0.29, 0.717) is 6.07 Å². The van der Waals surface area contributed by atoms with E-state index in [0.717, 1.165) is 7.11 Å². The molecule has 1 aromatic rings. The SMILES string of the molecule is COc1c(OC(F)(F)F)[nH]c([N+](=O)[O-])cc1=O. The van der Waals surface area contributed by atoms with E-state index in [1.165, 1.54) is 0 Å². The summed E-state index contributed by atoms with van der Waals surface area (Å²) in [6.45, 7) is 0. The maximum Gasteiger partial charge on any atom is 0.575 e. The normalized spacial score (nSPS) is 11.1. The molecule has 0 radical (unpaired) electrons. The van der Waals surface area contributed by atoms with Crippen LogP contribution in [0, 0.1) is 10.1 Å². The lowest BCUT2D eigenvalue weighted by atomic mass is 10.4. The highest BCUT2D eigenvalue weighted by atomic mass is 19.4. The number of nitrogens with zero attached hydrogens (tertiary/aromatic N) is 1. The van der Waals surface area contributed by atoms with Crippen LogP contribution in [-0.2, 0) is 0 Å². The molecule has 0 saturated heterocycles.